The summed E-state index contributed by atoms with van der Waals surface area (Å²) in [6.45, 7) is 10.5. The Morgan fingerprint density at radius 3 is 2.39 bits per heavy atom. The van der Waals surface area contributed by atoms with E-state index in [0.29, 0.717) is 5.92 Å². The van der Waals surface area contributed by atoms with Crippen molar-refractivity contribution < 1.29 is 0 Å². The van der Waals surface area contributed by atoms with Gasteiger partial charge in [0.15, 0.2) is 0 Å². The number of guanidine groups is 1. The van der Waals surface area contributed by atoms with Gasteiger partial charge >= 0.3 is 0 Å². The molecular weight excluding hydrogens is 302 g/mol. The van der Waals surface area contributed by atoms with Crippen molar-refractivity contribution in [2.45, 2.75) is 45.4 Å². The maximum absolute atomic E-state index is 4.67. The highest BCUT2D eigenvalue weighted by Gasteiger charge is 2.13. The minimum absolute atomic E-state index is 0.550. The second-order valence-electron chi connectivity index (χ2n) is 5.49. The summed E-state index contributed by atoms with van der Waals surface area (Å²) < 4.78 is 3.24. The van der Waals surface area contributed by atoms with Crippen LogP contribution in [-0.4, -0.2) is 5.96 Å². The maximum atomic E-state index is 4.67. The van der Waals surface area contributed by atoms with Crippen molar-refractivity contribution in [1.82, 2.24) is 4.72 Å². The molecule has 3 rings (SSSR count). The van der Waals surface area contributed by atoms with E-state index in [9.17, 15) is 0 Å². The third-order valence-electron chi connectivity index (χ3n) is 3.52. The lowest BCUT2D eigenvalue weighted by Crippen LogP contribution is -2.26. The molecule has 1 aliphatic rings. The third kappa shape index (κ3) is 4.29. The predicted molar refractivity (Wildman–Crippen MR) is 103 cm³/mol. The second kappa shape index (κ2) is 8.06. The lowest BCUT2D eigenvalue weighted by Gasteiger charge is -2.19. The second-order valence-corrected chi connectivity index (χ2v) is 6.34. The molecule has 2 aromatic carbocycles. The van der Waals surface area contributed by atoms with Crippen molar-refractivity contribution in [3.63, 3.8) is 0 Å². The molecule has 0 bridgehead atoms. The van der Waals surface area contributed by atoms with E-state index in [0.717, 1.165) is 22.2 Å². The SMILES string of the molecule is CC.Cc1cccc2c1N=C(Nc1ccc(C(C)C)cc1)NS2. The lowest BCUT2D eigenvalue weighted by molar-refractivity contribution is 0.867. The molecule has 0 aromatic heterocycles. The van der Waals surface area contributed by atoms with Gasteiger partial charge in [0.2, 0.25) is 5.96 Å². The highest BCUT2D eigenvalue weighted by molar-refractivity contribution is 7.98. The van der Waals surface area contributed by atoms with Crippen LogP contribution in [0.5, 0.6) is 0 Å². The molecule has 2 aromatic rings. The Hall–Kier alpha value is -1.94. The number of hydrogen-bond donors (Lipinski definition) is 2. The van der Waals surface area contributed by atoms with E-state index in [1.165, 1.54) is 11.1 Å². The van der Waals surface area contributed by atoms with Gasteiger partial charge in [0.05, 0.1) is 10.6 Å². The molecule has 0 spiro atoms. The fourth-order valence-electron chi connectivity index (χ4n) is 2.24. The van der Waals surface area contributed by atoms with Gasteiger partial charge in [-0.15, -0.1) is 0 Å². The molecule has 23 heavy (non-hydrogen) atoms. The van der Waals surface area contributed by atoms with Crippen LogP contribution in [0.15, 0.2) is 52.4 Å². The standard InChI is InChI=1S/C17H19N3S.C2H6/c1-11(2)13-7-9-14(10-8-13)18-17-19-16-12(3)5-4-6-15(16)21-20-17;1-2/h4-11H,1-3H3,(H2,18,19,20);1-2H3. The molecule has 0 aliphatic carbocycles. The Labute approximate surface area is 143 Å². The minimum Gasteiger partial charge on any atom is -0.325 e. The molecule has 0 saturated carbocycles. The van der Waals surface area contributed by atoms with E-state index in [1.807, 2.05) is 13.8 Å². The normalized spacial score (nSPS) is 12.5. The van der Waals surface area contributed by atoms with Crippen LogP contribution in [-0.2, 0) is 0 Å². The summed E-state index contributed by atoms with van der Waals surface area (Å²) in [7, 11) is 0. The summed E-state index contributed by atoms with van der Waals surface area (Å²) in [4.78, 5) is 5.83. The summed E-state index contributed by atoms with van der Waals surface area (Å²) in [6, 6.07) is 14.7. The lowest BCUT2D eigenvalue weighted by atomic mass is 10.0. The Morgan fingerprint density at radius 2 is 1.74 bits per heavy atom. The predicted octanol–water partition coefficient (Wildman–Crippen LogP) is 5.85. The Bertz CT molecular complexity index is 676. The van der Waals surface area contributed by atoms with Gasteiger partial charge < -0.3 is 5.32 Å². The average Bonchev–Trinajstić information content (AvgIpc) is 2.58. The zero-order chi connectivity index (χ0) is 16.8. The minimum atomic E-state index is 0.550. The summed E-state index contributed by atoms with van der Waals surface area (Å²) in [5.41, 5.74) is 4.62. The molecule has 0 fully saturated rings. The number of para-hydroxylation sites is 1. The smallest absolute Gasteiger partial charge is 0.211 e. The zero-order valence-corrected chi connectivity index (χ0v) is 15.3. The average molecular weight is 327 g/mol. The number of hydrogen-bond acceptors (Lipinski definition) is 4. The van der Waals surface area contributed by atoms with E-state index in [1.54, 1.807) is 11.9 Å². The summed E-state index contributed by atoms with van der Waals surface area (Å²) in [6.07, 6.45) is 0. The Kier molecular flexibility index (Phi) is 6.11. The van der Waals surface area contributed by atoms with Crippen LogP contribution in [0.3, 0.4) is 0 Å². The quantitative estimate of drug-likeness (QED) is 0.679. The number of aliphatic imine (C=N–C) groups is 1. The molecule has 1 aliphatic heterocycles. The van der Waals surface area contributed by atoms with Crippen molar-refractivity contribution in [1.29, 1.82) is 0 Å². The van der Waals surface area contributed by atoms with Gasteiger partial charge in [-0.3, -0.25) is 4.72 Å². The van der Waals surface area contributed by atoms with Crippen LogP contribution in [0.2, 0.25) is 0 Å². The van der Waals surface area contributed by atoms with Crippen molar-refractivity contribution in [3.8, 4) is 0 Å². The van der Waals surface area contributed by atoms with Crippen LogP contribution in [0.4, 0.5) is 11.4 Å². The number of nitrogens with zero attached hydrogens (tertiary/aromatic N) is 1. The number of aryl methyl sites for hydroxylation is 1. The van der Waals surface area contributed by atoms with Crippen LogP contribution in [0.25, 0.3) is 0 Å². The van der Waals surface area contributed by atoms with Crippen molar-refractivity contribution >= 4 is 29.3 Å². The summed E-state index contributed by atoms with van der Waals surface area (Å²) in [5, 5.41) is 3.33. The van der Waals surface area contributed by atoms with Gasteiger partial charge in [-0.05, 0) is 54.1 Å². The van der Waals surface area contributed by atoms with Crippen LogP contribution in [0.1, 0.15) is 44.7 Å². The third-order valence-corrected chi connectivity index (χ3v) is 4.37. The van der Waals surface area contributed by atoms with Crippen LogP contribution in [0, 0.1) is 6.92 Å². The fraction of sp³-hybridized carbons (Fsp3) is 0.316. The number of fused-ring (bicyclic) bond motifs is 1. The molecule has 0 unspecified atom stereocenters. The van der Waals surface area contributed by atoms with Gasteiger partial charge in [0.1, 0.15) is 0 Å². The van der Waals surface area contributed by atoms with Gasteiger partial charge in [-0.2, -0.15) is 0 Å². The number of nitrogens with one attached hydrogen (secondary N) is 2. The molecule has 0 radical (unpaired) electrons. The van der Waals surface area contributed by atoms with Crippen LogP contribution >= 0.6 is 11.9 Å². The van der Waals surface area contributed by atoms with Crippen LogP contribution < -0.4 is 10.0 Å². The highest BCUT2D eigenvalue weighted by atomic mass is 32.2. The molecule has 0 saturated heterocycles. The van der Waals surface area contributed by atoms with E-state index >= 15 is 0 Å². The topological polar surface area (TPSA) is 36.4 Å². The molecule has 122 valence electrons. The van der Waals surface area contributed by atoms with Crippen molar-refractivity contribution in [3.05, 3.63) is 53.6 Å². The number of benzene rings is 2. The molecule has 0 atom stereocenters. The van der Waals surface area contributed by atoms with E-state index in [2.05, 4.69) is 78.3 Å². The van der Waals surface area contributed by atoms with Gasteiger partial charge in [-0.1, -0.05) is 52.0 Å². The van der Waals surface area contributed by atoms with Gasteiger partial charge in [-0.25, -0.2) is 4.99 Å². The van der Waals surface area contributed by atoms with E-state index in [-0.39, 0.29) is 0 Å². The summed E-state index contributed by atoms with van der Waals surface area (Å²) >= 11 is 1.59. The fourth-order valence-corrected chi connectivity index (χ4v) is 2.99. The molecule has 3 nitrogen and oxygen atoms in total. The first-order valence-corrected chi connectivity index (χ1v) is 8.93. The van der Waals surface area contributed by atoms with Crippen molar-refractivity contribution in [2.24, 2.45) is 4.99 Å². The largest absolute Gasteiger partial charge is 0.325 e. The van der Waals surface area contributed by atoms with E-state index in [4.69, 9.17) is 0 Å². The Morgan fingerprint density at radius 1 is 1.04 bits per heavy atom. The summed E-state index contributed by atoms with van der Waals surface area (Å²) in [5.74, 6) is 1.33. The molecular formula is C19H25N3S. The first-order chi connectivity index (χ1) is 11.1. The maximum Gasteiger partial charge on any atom is 0.211 e. The molecule has 2 N–H and O–H groups in total. The first kappa shape index (κ1) is 17.4. The molecule has 4 heteroatoms. The monoisotopic (exact) mass is 327 g/mol. The van der Waals surface area contributed by atoms with Gasteiger partial charge in [0, 0.05) is 5.69 Å². The molecule has 0 amide bonds. The zero-order valence-electron chi connectivity index (χ0n) is 14.5. The Balaban J connectivity index is 0.000000924. The highest BCUT2D eigenvalue weighted by Crippen LogP contribution is 2.34. The van der Waals surface area contributed by atoms with Crippen molar-refractivity contribution in [2.75, 3.05) is 5.32 Å². The van der Waals surface area contributed by atoms with E-state index < -0.39 is 0 Å². The number of anilines is 1. The molecule has 1 heterocycles. The number of rotatable bonds is 2. The first-order valence-electron chi connectivity index (χ1n) is 8.11. The van der Waals surface area contributed by atoms with Gasteiger partial charge in [0.25, 0.3) is 0 Å².